The van der Waals surface area contributed by atoms with Gasteiger partial charge in [0.1, 0.15) is 5.82 Å². The molecule has 3 nitrogen and oxygen atoms in total. The van der Waals surface area contributed by atoms with Crippen LogP contribution in [0.2, 0.25) is 5.15 Å². The second-order valence-electron chi connectivity index (χ2n) is 3.98. The first kappa shape index (κ1) is 12.3. The predicted octanol–water partition coefficient (Wildman–Crippen LogP) is 3.98. The fraction of sp³-hybridized carbons (Fsp3) is 0.333. The smallest absolute Gasteiger partial charge is 0.151 e. The first-order valence-corrected chi connectivity index (χ1v) is 6.58. The molecule has 0 aromatic carbocycles. The largest absolute Gasteiger partial charge is 0.362 e. The van der Waals surface area contributed by atoms with Crippen LogP contribution in [0.5, 0.6) is 0 Å². The van der Waals surface area contributed by atoms with Crippen molar-refractivity contribution >= 4 is 28.8 Å². The summed E-state index contributed by atoms with van der Waals surface area (Å²) in [5.41, 5.74) is 1.31. The van der Waals surface area contributed by atoms with Gasteiger partial charge < -0.3 is 5.32 Å². The van der Waals surface area contributed by atoms with Crippen molar-refractivity contribution in [1.29, 1.82) is 0 Å². The number of anilines is 1. The van der Waals surface area contributed by atoms with Crippen molar-refractivity contribution in [3.63, 3.8) is 0 Å². The van der Waals surface area contributed by atoms with Crippen molar-refractivity contribution in [3.05, 3.63) is 38.7 Å². The molecular formula is C12H14ClN3S. The monoisotopic (exact) mass is 267 g/mol. The lowest BCUT2D eigenvalue weighted by atomic mass is 10.1. The Morgan fingerprint density at radius 3 is 2.59 bits per heavy atom. The summed E-state index contributed by atoms with van der Waals surface area (Å²) in [6.07, 6.45) is 0. The number of halogens is 1. The normalized spacial score (nSPS) is 12.5. The van der Waals surface area contributed by atoms with Crippen LogP contribution in [0.1, 0.15) is 28.3 Å². The van der Waals surface area contributed by atoms with Gasteiger partial charge in [0, 0.05) is 9.75 Å². The van der Waals surface area contributed by atoms with Gasteiger partial charge in [0.2, 0.25) is 0 Å². The number of aromatic nitrogens is 2. The standard InChI is InChI=1S/C12H14ClN3S/c1-7-6-10(9(3)17-7)8(2)14-12-5-4-11(13)15-16-12/h4-6,8H,1-3H3,(H,14,16). The molecule has 2 heterocycles. The molecule has 0 aliphatic carbocycles. The minimum atomic E-state index is 0.218. The van der Waals surface area contributed by atoms with Gasteiger partial charge in [-0.3, -0.25) is 0 Å². The number of rotatable bonds is 3. The molecule has 1 atom stereocenters. The Balaban J connectivity index is 2.14. The second-order valence-corrected chi connectivity index (χ2v) is 5.82. The van der Waals surface area contributed by atoms with Gasteiger partial charge in [0.25, 0.3) is 0 Å². The molecule has 0 spiro atoms. The maximum Gasteiger partial charge on any atom is 0.151 e. The Labute approximate surface area is 110 Å². The lowest BCUT2D eigenvalue weighted by molar-refractivity contribution is 0.858. The molecule has 2 rings (SSSR count). The van der Waals surface area contributed by atoms with Crippen molar-refractivity contribution in [2.45, 2.75) is 26.8 Å². The molecule has 2 aromatic heterocycles. The van der Waals surface area contributed by atoms with Crippen molar-refractivity contribution in [3.8, 4) is 0 Å². The van der Waals surface area contributed by atoms with Crippen molar-refractivity contribution in [1.82, 2.24) is 10.2 Å². The van der Waals surface area contributed by atoms with Gasteiger partial charge in [-0.25, -0.2) is 0 Å². The molecule has 2 aromatic rings. The molecule has 0 aliphatic rings. The van der Waals surface area contributed by atoms with E-state index in [1.165, 1.54) is 15.3 Å². The number of hydrogen-bond donors (Lipinski definition) is 1. The van der Waals surface area contributed by atoms with E-state index in [2.05, 4.69) is 42.4 Å². The molecule has 1 unspecified atom stereocenters. The average molecular weight is 268 g/mol. The number of aryl methyl sites for hydroxylation is 2. The Hall–Kier alpha value is -1.13. The Morgan fingerprint density at radius 1 is 1.29 bits per heavy atom. The Bertz CT molecular complexity index is 507. The highest BCUT2D eigenvalue weighted by atomic mass is 35.5. The molecule has 0 aliphatic heterocycles. The zero-order chi connectivity index (χ0) is 12.4. The molecule has 17 heavy (non-hydrogen) atoms. The quantitative estimate of drug-likeness (QED) is 0.914. The third kappa shape index (κ3) is 2.96. The molecule has 0 radical (unpaired) electrons. The summed E-state index contributed by atoms with van der Waals surface area (Å²) in [6.45, 7) is 6.37. The van der Waals surface area contributed by atoms with E-state index in [-0.39, 0.29) is 6.04 Å². The summed E-state index contributed by atoms with van der Waals surface area (Å²) in [5.74, 6) is 0.741. The Morgan fingerprint density at radius 2 is 2.06 bits per heavy atom. The van der Waals surface area contributed by atoms with E-state index in [0.29, 0.717) is 5.15 Å². The second kappa shape index (κ2) is 5.02. The Kier molecular flexibility index (Phi) is 3.64. The molecule has 1 N–H and O–H groups in total. The van der Waals surface area contributed by atoms with E-state index in [9.17, 15) is 0 Å². The number of nitrogens with one attached hydrogen (secondary N) is 1. The van der Waals surface area contributed by atoms with E-state index in [1.54, 1.807) is 6.07 Å². The van der Waals surface area contributed by atoms with Gasteiger partial charge in [-0.15, -0.1) is 21.5 Å². The number of nitrogens with zero attached hydrogens (tertiary/aromatic N) is 2. The predicted molar refractivity (Wildman–Crippen MR) is 72.9 cm³/mol. The average Bonchev–Trinajstić information content (AvgIpc) is 2.61. The fourth-order valence-electron chi connectivity index (χ4n) is 1.77. The van der Waals surface area contributed by atoms with Crippen LogP contribution in [0.25, 0.3) is 0 Å². The van der Waals surface area contributed by atoms with E-state index in [1.807, 2.05) is 17.4 Å². The van der Waals surface area contributed by atoms with Crippen LogP contribution in [0.15, 0.2) is 18.2 Å². The van der Waals surface area contributed by atoms with Gasteiger partial charge in [0.05, 0.1) is 6.04 Å². The van der Waals surface area contributed by atoms with Crippen LogP contribution >= 0.6 is 22.9 Å². The van der Waals surface area contributed by atoms with Gasteiger partial charge in [-0.2, -0.15) is 0 Å². The lowest BCUT2D eigenvalue weighted by Crippen LogP contribution is -2.08. The number of hydrogen-bond acceptors (Lipinski definition) is 4. The number of thiophene rings is 1. The maximum absolute atomic E-state index is 5.69. The minimum absolute atomic E-state index is 0.218. The SMILES string of the molecule is Cc1cc(C(C)Nc2ccc(Cl)nn2)c(C)s1. The summed E-state index contributed by atoms with van der Waals surface area (Å²) >= 11 is 7.51. The lowest BCUT2D eigenvalue weighted by Gasteiger charge is -2.13. The minimum Gasteiger partial charge on any atom is -0.362 e. The molecule has 0 bridgehead atoms. The molecular weight excluding hydrogens is 254 g/mol. The zero-order valence-corrected chi connectivity index (χ0v) is 11.6. The van der Waals surface area contributed by atoms with Crippen LogP contribution in [0.4, 0.5) is 5.82 Å². The van der Waals surface area contributed by atoms with Gasteiger partial charge in [-0.05, 0) is 44.5 Å². The van der Waals surface area contributed by atoms with Gasteiger partial charge >= 0.3 is 0 Å². The van der Waals surface area contributed by atoms with Crippen LogP contribution in [-0.2, 0) is 0 Å². The molecule has 90 valence electrons. The molecule has 0 amide bonds. The fourth-order valence-corrected chi connectivity index (χ4v) is 2.90. The van der Waals surface area contributed by atoms with E-state index in [4.69, 9.17) is 11.6 Å². The molecule has 0 saturated carbocycles. The van der Waals surface area contributed by atoms with Crippen molar-refractivity contribution < 1.29 is 0 Å². The van der Waals surface area contributed by atoms with E-state index < -0.39 is 0 Å². The van der Waals surface area contributed by atoms with Gasteiger partial charge in [-0.1, -0.05) is 11.6 Å². The van der Waals surface area contributed by atoms with Crippen molar-refractivity contribution in [2.24, 2.45) is 0 Å². The molecule has 0 saturated heterocycles. The zero-order valence-electron chi connectivity index (χ0n) is 9.99. The summed E-state index contributed by atoms with van der Waals surface area (Å²) in [6, 6.07) is 5.99. The third-order valence-electron chi connectivity index (χ3n) is 2.54. The summed E-state index contributed by atoms with van der Waals surface area (Å²) in [5, 5.41) is 11.5. The summed E-state index contributed by atoms with van der Waals surface area (Å²) < 4.78 is 0. The first-order valence-electron chi connectivity index (χ1n) is 5.39. The first-order chi connectivity index (χ1) is 8.06. The highest BCUT2D eigenvalue weighted by Gasteiger charge is 2.11. The van der Waals surface area contributed by atoms with Crippen LogP contribution in [0, 0.1) is 13.8 Å². The van der Waals surface area contributed by atoms with Gasteiger partial charge in [0.15, 0.2) is 5.15 Å². The maximum atomic E-state index is 5.69. The highest BCUT2D eigenvalue weighted by Crippen LogP contribution is 2.28. The van der Waals surface area contributed by atoms with Crippen LogP contribution < -0.4 is 5.32 Å². The van der Waals surface area contributed by atoms with E-state index in [0.717, 1.165) is 5.82 Å². The summed E-state index contributed by atoms with van der Waals surface area (Å²) in [4.78, 5) is 2.66. The van der Waals surface area contributed by atoms with Crippen molar-refractivity contribution in [2.75, 3.05) is 5.32 Å². The van der Waals surface area contributed by atoms with Crippen LogP contribution in [0.3, 0.4) is 0 Å². The molecule has 0 fully saturated rings. The molecule has 5 heteroatoms. The topological polar surface area (TPSA) is 37.8 Å². The van der Waals surface area contributed by atoms with Crippen LogP contribution in [-0.4, -0.2) is 10.2 Å². The van der Waals surface area contributed by atoms with E-state index >= 15 is 0 Å². The summed E-state index contributed by atoms with van der Waals surface area (Å²) in [7, 11) is 0. The third-order valence-corrected chi connectivity index (χ3v) is 3.73. The highest BCUT2D eigenvalue weighted by molar-refractivity contribution is 7.12.